The molecule has 0 aliphatic rings. The zero-order chi connectivity index (χ0) is 13.2. The van der Waals surface area contributed by atoms with E-state index >= 15 is 0 Å². The van der Waals surface area contributed by atoms with Crippen molar-refractivity contribution in [2.24, 2.45) is 5.73 Å². The predicted molar refractivity (Wildman–Crippen MR) is 78.9 cm³/mol. The van der Waals surface area contributed by atoms with Crippen LogP contribution >= 0.6 is 11.3 Å². The lowest BCUT2D eigenvalue weighted by Crippen LogP contribution is -2.22. The number of benzene rings is 1. The van der Waals surface area contributed by atoms with Crippen LogP contribution in [0.4, 0.5) is 0 Å². The molecule has 18 heavy (non-hydrogen) atoms. The summed E-state index contributed by atoms with van der Waals surface area (Å²) in [5.41, 5.74) is 7.03. The van der Waals surface area contributed by atoms with Gasteiger partial charge in [-0.2, -0.15) is 0 Å². The molecule has 2 nitrogen and oxygen atoms in total. The van der Waals surface area contributed by atoms with Crippen molar-refractivity contribution in [1.29, 1.82) is 0 Å². The largest absolute Gasteiger partial charge is 0.371 e. The van der Waals surface area contributed by atoms with Crippen LogP contribution < -0.4 is 5.73 Å². The molecule has 0 saturated heterocycles. The zero-order valence-electron chi connectivity index (χ0n) is 11.3. The first-order chi connectivity index (χ1) is 8.57. The molecule has 1 aromatic carbocycles. The smallest absolute Gasteiger partial charge is 0.0741 e. The Morgan fingerprint density at radius 1 is 1.28 bits per heavy atom. The fourth-order valence-corrected chi connectivity index (χ4v) is 2.93. The fraction of sp³-hybridized carbons (Fsp3) is 0.467. The standard InChI is InChI=1S/C15H21NOS/c1-4-15(2,3)17-10-12-11-7-5-6-8-13(11)18-14(12)9-16/h5-8H,4,9-10,16H2,1-3H3. The molecule has 1 heterocycles. The van der Waals surface area contributed by atoms with Gasteiger partial charge in [0.05, 0.1) is 12.2 Å². The molecule has 0 aliphatic heterocycles. The maximum Gasteiger partial charge on any atom is 0.0741 e. The molecule has 2 N–H and O–H groups in total. The number of fused-ring (bicyclic) bond motifs is 1. The van der Waals surface area contributed by atoms with Gasteiger partial charge in [0.25, 0.3) is 0 Å². The highest BCUT2D eigenvalue weighted by atomic mass is 32.1. The number of ether oxygens (including phenoxy) is 1. The summed E-state index contributed by atoms with van der Waals surface area (Å²) in [7, 11) is 0. The highest BCUT2D eigenvalue weighted by molar-refractivity contribution is 7.19. The normalized spacial score (nSPS) is 12.2. The summed E-state index contributed by atoms with van der Waals surface area (Å²) in [4.78, 5) is 1.24. The van der Waals surface area contributed by atoms with Gasteiger partial charge < -0.3 is 10.5 Å². The molecular weight excluding hydrogens is 242 g/mol. The summed E-state index contributed by atoms with van der Waals surface area (Å²) in [5, 5.41) is 1.29. The van der Waals surface area contributed by atoms with Crippen LogP contribution in [0.2, 0.25) is 0 Å². The molecule has 98 valence electrons. The zero-order valence-corrected chi connectivity index (χ0v) is 12.1. The van der Waals surface area contributed by atoms with Crippen LogP contribution in [0.5, 0.6) is 0 Å². The summed E-state index contributed by atoms with van der Waals surface area (Å²) >= 11 is 1.78. The van der Waals surface area contributed by atoms with Gasteiger partial charge in [0.1, 0.15) is 0 Å². The van der Waals surface area contributed by atoms with E-state index in [-0.39, 0.29) is 5.60 Å². The van der Waals surface area contributed by atoms with Gasteiger partial charge in [-0.05, 0) is 31.7 Å². The Morgan fingerprint density at radius 2 is 2.00 bits per heavy atom. The van der Waals surface area contributed by atoms with E-state index in [9.17, 15) is 0 Å². The van der Waals surface area contributed by atoms with Gasteiger partial charge in [-0.15, -0.1) is 11.3 Å². The van der Waals surface area contributed by atoms with Gasteiger partial charge in [0.2, 0.25) is 0 Å². The van der Waals surface area contributed by atoms with Crippen molar-refractivity contribution in [2.45, 2.75) is 45.9 Å². The van der Waals surface area contributed by atoms with Crippen molar-refractivity contribution >= 4 is 21.4 Å². The van der Waals surface area contributed by atoms with E-state index in [1.807, 2.05) is 0 Å². The van der Waals surface area contributed by atoms with E-state index in [2.05, 4.69) is 45.0 Å². The van der Waals surface area contributed by atoms with E-state index in [1.165, 1.54) is 20.5 Å². The number of thiophene rings is 1. The van der Waals surface area contributed by atoms with Crippen molar-refractivity contribution in [3.63, 3.8) is 0 Å². The predicted octanol–water partition coefficient (Wildman–Crippen LogP) is 4.07. The van der Waals surface area contributed by atoms with Crippen LogP contribution in [0.1, 0.15) is 37.6 Å². The lowest BCUT2D eigenvalue weighted by atomic mass is 10.1. The molecule has 0 atom stereocenters. The SMILES string of the molecule is CCC(C)(C)OCc1c(CN)sc2ccccc12. The summed E-state index contributed by atoms with van der Waals surface area (Å²) in [5.74, 6) is 0. The van der Waals surface area contributed by atoms with Crippen LogP contribution in [0.25, 0.3) is 10.1 Å². The molecule has 0 bridgehead atoms. The van der Waals surface area contributed by atoms with Crippen LogP contribution in [0, 0.1) is 0 Å². The summed E-state index contributed by atoms with van der Waals surface area (Å²) < 4.78 is 7.32. The number of nitrogens with two attached hydrogens (primary N) is 1. The third-order valence-electron chi connectivity index (χ3n) is 3.43. The first-order valence-corrected chi connectivity index (χ1v) is 7.22. The Hall–Kier alpha value is -0.900. The average molecular weight is 263 g/mol. The maximum absolute atomic E-state index is 6.02. The molecule has 3 heteroatoms. The minimum atomic E-state index is -0.0745. The topological polar surface area (TPSA) is 35.2 Å². The molecule has 0 fully saturated rings. The second kappa shape index (κ2) is 5.39. The molecule has 0 spiro atoms. The Balaban J connectivity index is 2.31. The van der Waals surface area contributed by atoms with Crippen molar-refractivity contribution in [3.8, 4) is 0 Å². The van der Waals surface area contributed by atoms with Crippen LogP contribution in [-0.4, -0.2) is 5.60 Å². The van der Waals surface area contributed by atoms with Gasteiger partial charge in [-0.25, -0.2) is 0 Å². The highest BCUT2D eigenvalue weighted by Crippen LogP contribution is 2.32. The Kier molecular flexibility index (Phi) is 4.05. The Morgan fingerprint density at radius 3 is 2.67 bits per heavy atom. The second-order valence-electron chi connectivity index (χ2n) is 5.11. The maximum atomic E-state index is 6.02. The Labute approximate surface area is 113 Å². The van der Waals surface area contributed by atoms with E-state index in [4.69, 9.17) is 10.5 Å². The van der Waals surface area contributed by atoms with Crippen molar-refractivity contribution < 1.29 is 4.74 Å². The molecule has 0 radical (unpaired) electrons. The second-order valence-corrected chi connectivity index (χ2v) is 6.24. The number of rotatable bonds is 5. The minimum absolute atomic E-state index is 0.0745. The molecule has 0 aliphatic carbocycles. The van der Waals surface area contributed by atoms with Gasteiger partial charge in [-0.1, -0.05) is 25.1 Å². The first-order valence-electron chi connectivity index (χ1n) is 6.40. The van der Waals surface area contributed by atoms with Crippen molar-refractivity contribution in [2.75, 3.05) is 0 Å². The van der Waals surface area contributed by atoms with Gasteiger partial charge >= 0.3 is 0 Å². The molecule has 2 rings (SSSR count). The van der Waals surface area contributed by atoms with Crippen LogP contribution in [0.15, 0.2) is 24.3 Å². The van der Waals surface area contributed by atoms with Gasteiger partial charge in [0, 0.05) is 21.7 Å². The number of hydrogen-bond acceptors (Lipinski definition) is 3. The molecule has 0 saturated carbocycles. The highest BCUT2D eigenvalue weighted by Gasteiger charge is 2.18. The first kappa shape index (κ1) is 13.5. The van der Waals surface area contributed by atoms with Crippen molar-refractivity contribution in [1.82, 2.24) is 0 Å². The lowest BCUT2D eigenvalue weighted by molar-refractivity contribution is -0.0312. The van der Waals surface area contributed by atoms with E-state index in [1.54, 1.807) is 11.3 Å². The summed E-state index contributed by atoms with van der Waals surface area (Å²) in [6.45, 7) is 7.64. The fourth-order valence-electron chi connectivity index (χ4n) is 1.84. The van der Waals surface area contributed by atoms with Gasteiger partial charge in [-0.3, -0.25) is 0 Å². The third kappa shape index (κ3) is 2.74. The van der Waals surface area contributed by atoms with Crippen LogP contribution in [0.3, 0.4) is 0 Å². The van der Waals surface area contributed by atoms with E-state index in [0.29, 0.717) is 13.2 Å². The average Bonchev–Trinajstić information content (AvgIpc) is 2.74. The molecule has 0 unspecified atom stereocenters. The molecule has 0 amide bonds. The monoisotopic (exact) mass is 263 g/mol. The molecule has 2 aromatic rings. The van der Waals surface area contributed by atoms with Gasteiger partial charge in [0.15, 0.2) is 0 Å². The summed E-state index contributed by atoms with van der Waals surface area (Å²) in [6, 6.07) is 8.44. The minimum Gasteiger partial charge on any atom is -0.371 e. The van der Waals surface area contributed by atoms with E-state index in [0.717, 1.165) is 6.42 Å². The number of hydrogen-bond donors (Lipinski definition) is 1. The third-order valence-corrected chi connectivity index (χ3v) is 4.66. The molecule has 1 aromatic heterocycles. The molecular formula is C15H21NOS. The van der Waals surface area contributed by atoms with Crippen molar-refractivity contribution in [3.05, 3.63) is 34.7 Å². The lowest BCUT2D eigenvalue weighted by Gasteiger charge is -2.23. The van der Waals surface area contributed by atoms with Crippen LogP contribution in [-0.2, 0) is 17.9 Å². The van der Waals surface area contributed by atoms with E-state index < -0.39 is 0 Å². The quantitative estimate of drug-likeness (QED) is 0.882. The summed E-state index contributed by atoms with van der Waals surface area (Å²) in [6.07, 6.45) is 1.01. The Bertz CT molecular complexity index is 530.